The number of Topliss-reactive ketones (excluding diaryl/α,β-unsaturated/α-hetero) is 1. The topological polar surface area (TPSA) is 46.6 Å². The zero-order chi connectivity index (χ0) is 10.4. The summed E-state index contributed by atoms with van der Waals surface area (Å²) in [4.78, 5) is 23.5. The molecule has 0 heterocycles. The standard InChI is InChI=1S/C8H14ClNO3/c1-4-6(7(11)5-9)10(2)8(12)13-3/h6H,4-5H2,1-3H3. The van der Waals surface area contributed by atoms with Crippen LogP contribution in [-0.2, 0) is 9.53 Å². The Morgan fingerprint density at radius 1 is 1.54 bits per heavy atom. The molecule has 0 aliphatic rings. The molecule has 0 spiro atoms. The van der Waals surface area contributed by atoms with Gasteiger partial charge in [-0.25, -0.2) is 4.79 Å². The van der Waals surface area contributed by atoms with Crippen LogP contribution in [0.3, 0.4) is 0 Å². The lowest BCUT2D eigenvalue weighted by atomic mass is 10.1. The Kier molecular flexibility index (Phi) is 5.46. The fraction of sp³-hybridized carbons (Fsp3) is 0.750. The van der Waals surface area contributed by atoms with Crippen molar-refractivity contribution in [3.63, 3.8) is 0 Å². The number of nitrogens with zero attached hydrogens (tertiary/aromatic N) is 1. The number of amides is 1. The van der Waals surface area contributed by atoms with Crippen molar-refractivity contribution < 1.29 is 14.3 Å². The highest BCUT2D eigenvalue weighted by Gasteiger charge is 2.24. The van der Waals surface area contributed by atoms with Crippen LogP contribution in [0.2, 0.25) is 0 Å². The zero-order valence-electron chi connectivity index (χ0n) is 8.04. The zero-order valence-corrected chi connectivity index (χ0v) is 8.80. The largest absolute Gasteiger partial charge is 0.453 e. The molecule has 0 radical (unpaired) electrons. The molecule has 13 heavy (non-hydrogen) atoms. The van der Waals surface area contributed by atoms with E-state index < -0.39 is 12.1 Å². The van der Waals surface area contributed by atoms with Gasteiger partial charge in [-0.3, -0.25) is 4.79 Å². The summed E-state index contributed by atoms with van der Waals surface area (Å²) in [6.07, 6.45) is 0.0160. The summed E-state index contributed by atoms with van der Waals surface area (Å²) in [6, 6.07) is -0.482. The van der Waals surface area contributed by atoms with Gasteiger partial charge in [-0.1, -0.05) is 6.92 Å². The number of hydrogen-bond acceptors (Lipinski definition) is 3. The van der Waals surface area contributed by atoms with Gasteiger partial charge in [-0.15, -0.1) is 11.6 Å². The van der Waals surface area contributed by atoms with Crippen LogP contribution in [0, 0.1) is 0 Å². The minimum atomic E-state index is -0.523. The van der Waals surface area contributed by atoms with E-state index in [1.807, 2.05) is 6.92 Å². The number of hydrogen-bond donors (Lipinski definition) is 0. The minimum absolute atomic E-state index is 0.0835. The Bertz CT molecular complexity index is 196. The monoisotopic (exact) mass is 207 g/mol. The van der Waals surface area contributed by atoms with Gasteiger partial charge in [0.05, 0.1) is 19.0 Å². The van der Waals surface area contributed by atoms with Gasteiger partial charge < -0.3 is 9.64 Å². The van der Waals surface area contributed by atoms with Crippen LogP contribution in [0.15, 0.2) is 0 Å². The van der Waals surface area contributed by atoms with E-state index in [0.717, 1.165) is 0 Å². The molecule has 76 valence electrons. The second-order valence-electron chi connectivity index (χ2n) is 2.60. The first-order valence-electron chi connectivity index (χ1n) is 3.97. The second-order valence-corrected chi connectivity index (χ2v) is 2.87. The SMILES string of the molecule is CCC(C(=O)CCl)N(C)C(=O)OC. The van der Waals surface area contributed by atoms with Crippen LogP contribution in [0.25, 0.3) is 0 Å². The van der Waals surface area contributed by atoms with E-state index >= 15 is 0 Å². The molecule has 0 bridgehead atoms. The van der Waals surface area contributed by atoms with Gasteiger partial charge >= 0.3 is 6.09 Å². The summed E-state index contributed by atoms with van der Waals surface area (Å²) < 4.78 is 4.48. The first-order valence-corrected chi connectivity index (χ1v) is 4.51. The Balaban J connectivity index is 4.39. The van der Waals surface area contributed by atoms with Crippen LogP contribution in [0.4, 0.5) is 4.79 Å². The molecule has 1 amide bonds. The van der Waals surface area contributed by atoms with Crippen molar-refractivity contribution in [3.05, 3.63) is 0 Å². The smallest absolute Gasteiger partial charge is 0.409 e. The van der Waals surface area contributed by atoms with E-state index in [2.05, 4.69) is 4.74 Å². The highest BCUT2D eigenvalue weighted by molar-refractivity contribution is 6.28. The molecule has 0 fully saturated rings. The molecule has 4 nitrogen and oxygen atoms in total. The molecule has 0 saturated carbocycles. The number of rotatable bonds is 4. The van der Waals surface area contributed by atoms with Crippen molar-refractivity contribution in [1.82, 2.24) is 4.90 Å². The summed E-state index contributed by atoms with van der Waals surface area (Å²) in [6.45, 7) is 1.81. The number of ether oxygens (including phenoxy) is 1. The maximum Gasteiger partial charge on any atom is 0.409 e. The maximum atomic E-state index is 11.2. The van der Waals surface area contributed by atoms with Crippen molar-refractivity contribution >= 4 is 23.5 Å². The van der Waals surface area contributed by atoms with Gasteiger partial charge in [0.15, 0.2) is 5.78 Å². The van der Waals surface area contributed by atoms with E-state index in [1.165, 1.54) is 19.1 Å². The first kappa shape index (κ1) is 12.2. The predicted octanol–water partition coefficient (Wildman–Crippen LogP) is 1.27. The Morgan fingerprint density at radius 3 is 2.38 bits per heavy atom. The molecule has 1 unspecified atom stereocenters. The van der Waals surface area contributed by atoms with Crippen molar-refractivity contribution in [2.24, 2.45) is 0 Å². The van der Waals surface area contributed by atoms with Gasteiger partial charge in [-0.05, 0) is 6.42 Å². The molecule has 0 aliphatic carbocycles. The van der Waals surface area contributed by atoms with Crippen molar-refractivity contribution in [1.29, 1.82) is 0 Å². The van der Waals surface area contributed by atoms with Gasteiger partial charge in [0.1, 0.15) is 0 Å². The van der Waals surface area contributed by atoms with Crippen LogP contribution in [0.5, 0.6) is 0 Å². The summed E-state index contributed by atoms with van der Waals surface area (Å²) in [5.74, 6) is -0.253. The number of methoxy groups -OCH3 is 1. The fourth-order valence-corrected chi connectivity index (χ4v) is 1.26. The summed E-state index contributed by atoms with van der Waals surface area (Å²) in [5.41, 5.74) is 0. The third kappa shape index (κ3) is 3.22. The van der Waals surface area contributed by atoms with Crippen molar-refractivity contribution in [3.8, 4) is 0 Å². The van der Waals surface area contributed by atoms with E-state index in [4.69, 9.17) is 11.6 Å². The predicted molar refractivity (Wildman–Crippen MR) is 50.0 cm³/mol. The molecule has 0 aliphatic heterocycles. The third-order valence-electron chi connectivity index (χ3n) is 1.82. The summed E-state index contributed by atoms with van der Waals surface area (Å²) in [5, 5.41) is 0. The lowest BCUT2D eigenvalue weighted by Gasteiger charge is -2.23. The van der Waals surface area contributed by atoms with E-state index in [1.54, 1.807) is 0 Å². The molecule has 0 aromatic rings. The average molecular weight is 208 g/mol. The maximum absolute atomic E-state index is 11.2. The molecule has 0 rings (SSSR count). The molecular formula is C8H14ClNO3. The summed E-state index contributed by atoms with van der Waals surface area (Å²) >= 11 is 5.39. The summed E-state index contributed by atoms with van der Waals surface area (Å²) in [7, 11) is 2.79. The Hall–Kier alpha value is -0.770. The van der Waals surface area contributed by atoms with E-state index in [0.29, 0.717) is 6.42 Å². The van der Waals surface area contributed by atoms with Crippen LogP contribution in [-0.4, -0.2) is 42.9 Å². The van der Waals surface area contributed by atoms with Crippen molar-refractivity contribution in [2.75, 3.05) is 20.0 Å². The molecule has 0 saturated heterocycles. The lowest BCUT2D eigenvalue weighted by Crippen LogP contribution is -2.42. The molecule has 0 N–H and O–H groups in total. The first-order chi connectivity index (χ1) is 6.08. The number of carbonyl (C=O) groups is 2. The molecular weight excluding hydrogens is 194 g/mol. The highest BCUT2D eigenvalue weighted by Crippen LogP contribution is 2.05. The normalized spacial score (nSPS) is 12.0. The molecule has 0 aromatic carbocycles. The minimum Gasteiger partial charge on any atom is -0.453 e. The van der Waals surface area contributed by atoms with Crippen molar-refractivity contribution in [2.45, 2.75) is 19.4 Å². The number of carbonyl (C=O) groups excluding carboxylic acids is 2. The lowest BCUT2D eigenvalue weighted by molar-refractivity contribution is -0.121. The molecule has 0 aromatic heterocycles. The Morgan fingerprint density at radius 2 is 2.08 bits per heavy atom. The van der Waals surface area contributed by atoms with Crippen LogP contribution < -0.4 is 0 Å². The number of ketones is 1. The van der Waals surface area contributed by atoms with Gasteiger partial charge in [0.2, 0.25) is 0 Å². The number of likely N-dealkylation sites (N-methyl/N-ethyl adjacent to an activating group) is 1. The van der Waals surface area contributed by atoms with Gasteiger partial charge in [0.25, 0.3) is 0 Å². The van der Waals surface area contributed by atoms with Gasteiger partial charge in [0, 0.05) is 7.05 Å². The van der Waals surface area contributed by atoms with E-state index in [-0.39, 0.29) is 11.7 Å². The molecule has 5 heteroatoms. The average Bonchev–Trinajstić information content (AvgIpc) is 2.17. The number of halogens is 1. The second kappa shape index (κ2) is 5.80. The van der Waals surface area contributed by atoms with Crippen LogP contribution in [0.1, 0.15) is 13.3 Å². The quantitative estimate of drug-likeness (QED) is 0.653. The van der Waals surface area contributed by atoms with E-state index in [9.17, 15) is 9.59 Å². The fourth-order valence-electron chi connectivity index (χ4n) is 1.08. The van der Waals surface area contributed by atoms with Gasteiger partial charge in [-0.2, -0.15) is 0 Å². The Labute approximate surface area is 82.8 Å². The number of alkyl halides is 1. The third-order valence-corrected chi connectivity index (χ3v) is 2.08. The molecule has 1 atom stereocenters. The highest BCUT2D eigenvalue weighted by atomic mass is 35.5. The van der Waals surface area contributed by atoms with Crippen LogP contribution >= 0.6 is 11.6 Å².